The quantitative estimate of drug-likeness (QED) is 0.0892. The molecule has 9 rings (SSSR count). The van der Waals surface area contributed by atoms with E-state index in [0.717, 1.165) is 65.8 Å². The first-order chi connectivity index (χ1) is 24.1. The molecule has 1 atom stereocenters. The molecule has 9 heteroatoms. The summed E-state index contributed by atoms with van der Waals surface area (Å²) in [5, 5.41) is 18.3. The fourth-order valence-electron chi connectivity index (χ4n) is 8.82. The number of ketones is 1. The van der Waals surface area contributed by atoms with Gasteiger partial charge in [0, 0.05) is 83.6 Å². The summed E-state index contributed by atoms with van der Waals surface area (Å²) >= 11 is 0. The number of rotatable bonds is 3. The zero-order chi connectivity index (χ0) is 34.7. The topological polar surface area (TPSA) is 109 Å². The van der Waals surface area contributed by atoms with E-state index in [2.05, 4.69) is 80.8 Å². The number of allylic oxidation sites excluding steroid dienone is 2. The molecule has 4 N–H and O–H groups in total. The molecule has 0 saturated heterocycles. The van der Waals surface area contributed by atoms with Crippen molar-refractivity contribution in [1.29, 1.82) is 0 Å². The third kappa shape index (κ3) is 3.71. The molecule has 0 fully saturated rings. The Labute approximate surface area is 289 Å². The molecule has 1 unspecified atom stereocenters. The summed E-state index contributed by atoms with van der Waals surface area (Å²) in [4.78, 5) is 27.4. The standard InChI is InChI=1S/C41H33N8O/c1-45-29(18-42)36-37(32-25-14-21-10-6-8-12-23(21)39-34(25)30(16-27(32)43)46(2)19-48(39)4)41(50)38(36)33-26-15-22-11-7-9-13-24(22)40-35(26)31(17-28(33)44)47(3)20-49(40)5/h6-17,37H,19-20,43-44H2,2-5H3/q-1. The molecule has 0 amide bonds. The number of hydrogen-bond donors (Lipinski definition) is 2. The van der Waals surface area contributed by atoms with Gasteiger partial charge in [-0.1, -0.05) is 48.5 Å². The third-order valence-electron chi connectivity index (χ3n) is 10.8. The number of Topliss-reactive ketones (excluding diaryl/α,β-unsaturated/α-hetero) is 1. The van der Waals surface area contributed by atoms with Crippen LogP contribution in [0.15, 0.2) is 84.1 Å². The second kappa shape index (κ2) is 10.3. The predicted molar refractivity (Wildman–Crippen MR) is 208 cm³/mol. The largest absolute Gasteiger partial charge is 0.775 e. The van der Waals surface area contributed by atoms with Gasteiger partial charge in [0.15, 0.2) is 5.78 Å². The van der Waals surface area contributed by atoms with E-state index >= 15 is 0 Å². The summed E-state index contributed by atoms with van der Waals surface area (Å²) < 4.78 is 0. The van der Waals surface area contributed by atoms with Crippen LogP contribution in [0.25, 0.3) is 58.9 Å². The van der Waals surface area contributed by atoms with Gasteiger partial charge in [0.25, 0.3) is 0 Å². The van der Waals surface area contributed by atoms with Crippen molar-refractivity contribution in [2.45, 2.75) is 5.92 Å². The Morgan fingerprint density at radius 2 is 1.28 bits per heavy atom. The van der Waals surface area contributed by atoms with Gasteiger partial charge in [0.1, 0.15) is 0 Å². The van der Waals surface area contributed by atoms with Gasteiger partial charge in [-0.05, 0) is 56.9 Å². The summed E-state index contributed by atoms with van der Waals surface area (Å²) in [6.07, 6.45) is 0. The van der Waals surface area contributed by atoms with E-state index < -0.39 is 5.92 Å². The number of nitrogens with two attached hydrogens (primary N) is 2. The maximum atomic E-state index is 15.0. The van der Waals surface area contributed by atoms with E-state index in [0.29, 0.717) is 47.0 Å². The smallest absolute Gasteiger partial charge is 0.210 e. The van der Waals surface area contributed by atoms with Crippen LogP contribution in [-0.4, -0.2) is 53.2 Å². The first-order valence-electron chi connectivity index (χ1n) is 16.5. The fourth-order valence-corrected chi connectivity index (χ4v) is 8.82. The Morgan fingerprint density at radius 1 is 0.760 bits per heavy atom. The summed E-state index contributed by atoms with van der Waals surface area (Å²) in [5.74, 6) is 1.00. The highest BCUT2D eigenvalue weighted by molar-refractivity contribution is 6.39. The van der Waals surface area contributed by atoms with Crippen LogP contribution in [0.1, 0.15) is 17.0 Å². The van der Waals surface area contributed by atoms with E-state index in [4.69, 9.17) is 18.0 Å². The summed E-state index contributed by atoms with van der Waals surface area (Å²) in [6, 6.07) is 24.4. The zero-order valence-electron chi connectivity index (χ0n) is 28.2. The molecule has 9 nitrogen and oxygen atoms in total. The normalized spacial score (nSPS) is 16.8. The number of nitrogens with zero attached hydrogens (tertiary/aromatic N) is 6. The molecule has 244 valence electrons. The van der Waals surface area contributed by atoms with E-state index in [1.165, 1.54) is 0 Å². The minimum Gasteiger partial charge on any atom is -0.775 e. The van der Waals surface area contributed by atoms with Crippen molar-refractivity contribution >= 4 is 94.4 Å². The lowest BCUT2D eigenvalue weighted by molar-refractivity contribution is -0.115. The maximum absolute atomic E-state index is 15.0. The van der Waals surface area contributed by atoms with E-state index in [9.17, 15) is 10.2 Å². The molecule has 0 spiro atoms. The molecular formula is C41H33N8O-. The Morgan fingerprint density at radius 3 is 1.84 bits per heavy atom. The lowest BCUT2D eigenvalue weighted by Crippen LogP contribution is -2.37. The molecule has 0 saturated carbocycles. The van der Waals surface area contributed by atoms with Crippen molar-refractivity contribution in [3.05, 3.63) is 112 Å². The minimum absolute atomic E-state index is 0.137. The number of carbonyl (C=O) groups is 1. The molecule has 2 aliphatic heterocycles. The first-order valence-corrected chi connectivity index (χ1v) is 16.5. The molecule has 50 heavy (non-hydrogen) atoms. The van der Waals surface area contributed by atoms with Gasteiger partial charge in [-0.3, -0.25) is 10.7 Å². The molecule has 6 aromatic rings. The predicted octanol–water partition coefficient (Wildman–Crippen LogP) is 7.31. The average Bonchev–Trinajstić information content (AvgIpc) is 3.10. The molecule has 0 radical (unpaired) electrons. The van der Waals surface area contributed by atoms with Crippen LogP contribution in [0, 0.1) is 6.57 Å². The van der Waals surface area contributed by atoms with Gasteiger partial charge < -0.3 is 36.5 Å². The van der Waals surface area contributed by atoms with Crippen LogP contribution in [0.5, 0.6) is 0 Å². The van der Waals surface area contributed by atoms with Crippen LogP contribution in [-0.2, 0) is 4.79 Å². The first kappa shape index (κ1) is 29.6. The van der Waals surface area contributed by atoms with Gasteiger partial charge in [-0.2, -0.15) is 0 Å². The van der Waals surface area contributed by atoms with Crippen LogP contribution in [0.3, 0.4) is 0 Å². The highest BCUT2D eigenvalue weighted by Crippen LogP contribution is 2.57. The van der Waals surface area contributed by atoms with E-state index in [-0.39, 0.29) is 11.5 Å². The Balaban J connectivity index is 1.40. The lowest BCUT2D eigenvalue weighted by atomic mass is 9.66. The van der Waals surface area contributed by atoms with Crippen molar-refractivity contribution in [1.82, 2.24) is 0 Å². The summed E-state index contributed by atoms with van der Waals surface area (Å²) in [6.45, 7) is 9.43. The Kier molecular flexibility index (Phi) is 6.08. The van der Waals surface area contributed by atoms with Gasteiger partial charge >= 0.3 is 0 Å². The average molecular weight is 654 g/mol. The number of nitrogen functional groups attached to an aromatic ring is 2. The van der Waals surface area contributed by atoms with Gasteiger partial charge in [-0.25, -0.2) is 4.85 Å². The Hall–Kier alpha value is -6.49. The summed E-state index contributed by atoms with van der Waals surface area (Å²) in [5.41, 5.74) is 20.5. The van der Waals surface area contributed by atoms with Crippen molar-refractivity contribution in [3.63, 3.8) is 0 Å². The second-order valence-corrected chi connectivity index (χ2v) is 13.7. The lowest BCUT2D eigenvalue weighted by Gasteiger charge is -2.40. The van der Waals surface area contributed by atoms with Gasteiger partial charge in [0.2, 0.25) is 5.70 Å². The molecule has 1 aliphatic carbocycles. The molecule has 0 aromatic heterocycles. The van der Waals surface area contributed by atoms with Crippen molar-refractivity contribution < 1.29 is 4.79 Å². The van der Waals surface area contributed by atoms with Gasteiger partial charge in [-0.15, -0.1) is 0 Å². The number of anilines is 6. The van der Waals surface area contributed by atoms with Crippen LogP contribution < -0.4 is 31.1 Å². The number of benzene rings is 6. The third-order valence-corrected chi connectivity index (χ3v) is 10.8. The van der Waals surface area contributed by atoms with Crippen molar-refractivity contribution in [2.75, 3.05) is 72.6 Å². The van der Waals surface area contributed by atoms with Crippen LogP contribution in [0.2, 0.25) is 0 Å². The Bertz CT molecular complexity index is 2700. The fraction of sp³-hybridized carbons (Fsp3) is 0.171. The van der Waals surface area contributed by atoms with Crippen molar-refractivity contribution in [2.24, 2.45) is 0 Å². The number of fused-ring (bicyclic) bond motifs is 4. The molecule has 6 aromatic carbocycles. The second-order valence-electron chi connectivity index (χ2n) is 13.7. The highest BCUT2D eigenvalue weighted by Gasteiger charge is 2.46. The number of hydrogen-bond acceptors (Lipinski definition) is 7. The van der Waals surface area contributed by atoms with Gasteiger partial charge in [0.05, 0.1) is 37.2 Å². The molecular weight excluding hydrogens is 621 g/mol. The number of carbonyl (C=O) groups excluding carboxylic acids is 1. The van der Waals surface area contributed by atoms with E-state index in [1.807, 2.05) is 50.5 Å². The van der Waals surface area contributed by atoms with E-state index in [1.54, 1.807) is 0 Å². The summed E-state index contributed by atoms with van der Waals surface area (Å²) in [7, 11) is 8.18. The minimum atomic E-state index is -0.915. The molecule has 3 aliphatic rings. The maximum Gasteiger partial charge on any atom is 0.210 e. The molecule has 2 heterocycles. The van der Waals surface area contributed by atoms with Crippen molar-refractivity contribution in [3.8, 4) is 0 Å². The van der Waals surface area contributed by atoms with Crippen LogP contribution >= 0.6 is 0 Å². The molecule has 0 bridgehead atoms. The van der Waals surface area contributed by atoms with Crippen LogP contribution in [0.4, 0.5) is 34.1 Å². The SMILES string of the molecule is [C-]#[N+]C(=C=[N-])C1=C(c2c(N)cc3c4c(c5ccccc5cc24)N(C)CN3C)C(=O)C1c1c(N)cc2c3c(c4ccccc4cc13)N(C)CN2C. The highest BCUT2D eigenvalue weighted by atomic mass is 16.1. The monoisotopic (exact) mass is 653 g/mol. The zero-order valence-corrected chi connectivity index (χ0v) is 28.2.